The fourth-order valence-electron chi connectivity index (χ4n) is 1.76. The Morgan fingerprint density at radius 1 is 1.50 bits per heavy atom. The van der Waals surface area contributed by atoms with Gasteiger partial charge in [0.15, 0.2) is 5.16 Å². The van der Waals surface area contributed by atoms with Crippen molar-refractivity contribution in [3.63, 3.8) is 0 Å². The van der Waals surface area contributed by atoms with Gasteiger partial charge < -0.3 is 15.5 Å². The first kappa shape index (κ1) is 13.4. The van der Waals surface area contributed by atoms with E-state index in [1.807, 2.05) is 13.0 Å². The summed E-state index contributed by atoms with van der Waals surface area (Å²) in [5.41, 5.74) is 8.97. The molecule has 2 aromatic rings. The van der Waals surface area contributed by atoms with Crippen molar-refractivity contribution in [2.45, 2.75) is 25.1 Å². The highest BCUT2D eigenvalue weighted by atomic mass is 32.2. The molecule has 0 saturated heterocycles. The number of thioether (sulfide) groups is 1. The Morgan fingerprint density at radius 3 is 3.06 bits per heavy atom. The molecular formula is C13H19N3OS. The van der Waals surface area contributed by atoms with Crippen LogP contribution in [-0.4, -0.2) is 35.0 Å². The van der Waals surface area contributed by atoms with Gasteiger partial charge in [-0.05, 0) is 31.5 Å². The molecule has 0 bridgehead atoms. The Kier molecular flexibility index (Phi) is 4.63. The van der Waals surface area contributed by atoms with Gasteiger partial charge in [0.05, 0.1) is 17.1 Å². The molecule has 2 rings (SSSR count). The summed E-state index contributed by atoms with van der Waals surface area (Å²) >= 11 is 1.65. The highest BCUT2D eigenvalue weighted by Crippen LogP contribution is 2.21. The number of nitrogens with one attached hydrogen (secondary N) is 1. The number of aromatic nitrogens is 2. The van der Waals surface area contributed by atoms with Gasteiger partial charge in [-0.15, -0.1) is 0 Å². The summed E-state index contributed by atoms with van der Waals surface area (Å²) < 4.78 is 5.52. The molecule has 98 valence electrons. The van der Waals surface area contributed by atoms with Gasteiger partial charge in [0.2, 0.25) is 0 Å². The maximum absolute atomic E-state index is 5.65. The predicted octanol–water partition coefficient (Wildman–Crippen LogP) is 2.33. The second-order valence-electron chi connectivity index (χ2n) is 4.19. The van der Waals surface area contributed by atoms with Crippen molar-refractivity contribution in [2.24, 2.45) is 5.73 Å². The van der Waals surface area contributed by atoms with Gasteiger partial charge in [-0.3, -0.25) is 0 Å². The Labute approximate surface area is 111 Å². The lowest BCUT2D eigenvalue weighted by Crippen LogP contribution is -2.26. The van der Waals surface area contributed by atoms with Crippen molar-refractivity contribution < 1.29 is 4.74 Å². The van der Waals surface area contributed by atoms with Crippen LogP contribution in [0.1, 0.15) is 12.5 Å². The molecule has 3 N–H and O–H groups in total. The third-order valence-electron chi connectivity index (χ3n) is 2.69. The van der Waals surface area contributed by atoms with Crippen LogP contribution in [0.3, 0.4) is 0 Å². The van der Waals surface area contributed by atoms with Gasteiger partial charge in [-0.2, -0.15) is 0 Å². The van der Waals surface area contributed by atoms with E-state index in [2.05, 4.69) is 29.0 Å². The number of hydrogen-bond donors (Lipinski definition) is 2. The monoisotopic (exact) mass is 265 g/mol. The molecule has 0 fully saturated rings. The molecule has 0 aliphatic heterocycles. The predicted molar refractivity (Wildman–Crippen MR) is 76.0 cm³/mol. The number of nitrogens with zero attached hydrogens (tertiary/aromatic N) is 1. The molecule has 5 heteroatoms. The molecule has 1 aromatic carbocycles. The topological polar surface area (TPSA) is 63.9 Å². The smallest absolute Gasteiger partial charge is 0.166 e. The standard InChI is InChI=1S/C13H19N3OS/c1-3-17-10(7-14)8-18-13-15-11-5-4-9(2)6-12(11)16-13/h4-6,10H,3,7-8,14H2,1-2H3,(H,15,16). The van der Waals surface area contributed by atoms with Crippen LogP contribution in [0.5, 0.6) is 0 Å². The summed E-state index contributed by atoms with van der Waals surface area (Å²) in [4.78, 5) is 7.84. The van der Waals surface area contributed by atoms with E-state index in [1.165, 1.54) is 5.56 Å². The Hall–Kier alpha value is -1.04. The average molecular weight is 265 g/mol. The zero-order valence-corrected chi connectivity index (χ0v) is 11.6. The lowest BCUT2D eigenvalue weighted by atomic mass is 10.2. The van der Waals surface area contributed by atoms with Crippen molar-refractivity contribution in [1.29, 1.82) is 0 Å². The van der Waals surface area contributed by atoms with E-state index in [-0.39, 0.29) is 6.10 Å². The summed E-state index contributed by atoms with van der Waals surface area (Å²) in [6.45, 7) is 5.30. The van der Waals surface area contributed by atoms with Crippen LogP contribution in [0.2, 0.25) is 0 Å². The number of ether oxygens (including phenoxy) is 1. The number of fused-ring (bicyclic) bond motifs is 1. The van der Waals surface area contributed by atoms with E-state index >= 15 is 0 Å². The Bertz CT molecular complexity index is 512. The first-order valence-corrected chi connectivity index (χ1v) is 7.12. The second-order valence-corrected chi connectivity index (χ2v) is 5.20. The molecular weight excluding hydrogens is 246 g/mol. The van der Waals surface area contributed by atoms with Gasteiger partial charge in [-0.1, -0.05) is 17.8 Å². The van der Waals surface area contributed by atoms with Crippen LogP contribution in [0.25, 0.3) is 11.0 Å². The van der Waals surface area contributed by atoms with Crippen LogP contribution >= 0.6 is 11.8 Å². The van der Waals surface area contributed by atoms with E-state index in [9.17, 15) is 0 Å². The fraction of sp³-hybridized carbons (Fsp3) is 0.462. The molecule has 1 unspecified atom stereocenters. The summed E-state index contributed by atoms with van der Waals surface area (Å²) in [6, 6.07) is 6.21. The SMILES string of the molecule is CCOC(CN)CSc1nc2ccc(C)cc2[nH]1. The van der Waals surface area contributed by atoms with E-state index in [4.69, 9.17) is 10.5 Å². The van der Waals surface area contributed by atoms with E-state index < -0.39 is 0 Å². The largest absolute Gasteiger partial charge is 0.376 e. The molecule has 0 radical (unpaired) electrons. The number of benzene rings is 1. The maximum Gasteiger partial charge on any atom is 0.166 e. The summed E-state index contributed by atoms with van der Waals surface area (Å²) in [5.74, 6) is 0.823. The number of nitrogens with two attached hydrogens (primary N) is 1. The Morgan fingerprint density at radius 2 is 2.33 bits per heavy atom. The molecule has 18 heavy (non-hydrogen) atoms. The quantitative estimate of drug-likeness (QED) is 0.787. The van der Waals surface area contributed by atoms with Crippen LogP contribution in [-0.2, 0) is 4.74 Å². The number of aromatic amines is 1. The van der Waals surface area contributed by atoms with Crippen LogP contribution in [0.4, 0.5) is 0 Å². The number of hydrogen-bond acceptors (Lipinski definition) is 4. The minimum atomic E-state index is 0.0925. The zero-order chi connectivity index (χ0) is 13.0. The van der Waals surface area contributed by atoms with Crippen LogP contribution in [0, 0.1) is 6.92 Å². The van der Waals surface area contributed by atoms with Crippen molar-refractivity contribution in [3.05, 3.63) is 23.8 Å². The molecule has 1 heterocycles. The van der Waals surface area contributed by atoms with Crippen molar-refractivity contribution in [3.8, 4) is 0 Å². The molecule has 0 spiro atoms. The van der Waals surface area contributed by atoms with Gasteiger partial charge in [0, 0.05) is 18.9 Å². The highest BCUT2D eigenvalue weighted by Gasteiger charge is 2.09. The number of H-pyrrole nitrogens is 1. The molecule has 0 amide bonds. The molecule has 0 saturated carbocycles. The zero-order valence-electron chi connectivity index (χ0n) is 10.8. The normalized spacial score (nSPS) is 13.1. The first-order valence-electron chi connectivity index (χ1n) is 6.13. The van der Waals surface area contributed by atoms with Gasteiger partial charge >= 0.3 is 0 Å². The fourth-order valence-corrected chi connectivity index (χ4v) is 2.68. The molecule has 1 atom stereocenters. The third-order valence-corrected chi connectivity index (χ3v) is 3.69. The molecule has 1 aromatic heterocycles. The second kappa shape index (κ2) is 6.22. The van der Waals surface area contributed by atoms with Crippen molar-refractivity contribution >= 4 is 22.8 Å². The minimum absolute atomic E-state index is 0.0925. The van der Waals surface area contributed by atoms with Gasteiger partial charge in [-0.25, -0.2) is 4.98 Å². The van der Waals surface area contributed by atoms with Gasteiger partial charge in [0.1, 0.15) is 0 Å². The summed E-state index contributed by atoms with van der Waals surface area (Å²) in [6.07, 6.45) is 0.0925. The van der Waals surface area contributed by atoms with Crippen molar-refractivity contribution in [1.82, 2.24) is 9.97 Å². The van der Waals surface area contributed by atoms with Crippen molar-refractivity contribution in [2.75, 3.05) is 18.9 Å². The van der Waals surface area contributed by atoms with Crippen LogP contribution < -0.4 is 5.73 Å². The summed E-state index contributed by atoms with van der Waals surface area (Å²) in [5, 5.41) is 0.925. The first-order chi connectivity index (χ1) is 8.72. The van der Waals surface area contributed by atoms with E-state index in [0.29, 0.717) is 13.2 Å². The van der Waals surface area contributed by atoms with E-state index in [0.717, 1.165) is 21.9 Å². The van der Waals surface area contributed by atoms with E-state index in [1.54, 1.807) is 11.8 Å². The molecule has 4 nitrogen and oxygen atoms in total. The maximum atomic E-state index is 5.65. The minimum Gasteiger partial charge on any atom is -0.376 e. The number of aryl methyl sites for hydroxylation is 1. The lowest BCUT2D eigenvalue weighted by Gasteiger charge is -2.12. The molecule has 0 aliphatic carbocycles. The average Bonchev–Trinajstić information content (AvgIpc) is 2.76. The summed E-state index contributed by atoms with van der Waals surface area (Å²) in [7, 11) is 0. The highest BCUT2D eigenvalue weighted by molar-refractivity contribution is 7.99. The Balaban J connectivity index is 2.03. The number of imidazole rings is 1. The lowest BCUT2D eigenvalue weighted by molar-refractivity contribution is 0.0858. The molecule has 0 aliphatic rings. The van der Waals surface area contributed by atoms with Gasteiger partial charge in [0.25, 0.3) is 0 Å². The third kappa shape index (κ3) is 3.25. The van der Waals surface area contributed by atoms with Crippen LogP contribution in [0.15, 0.2) is 23.4 Å². The number of rotatable bonds is 6.